The second-order valence-electron chi connectivity index (χ2n) is 5.28. The summed E-state index contributed by atoms with van der Waals surface area (Å²) >= 11 is 1.81. The summed E-state index contributed by atoms with van der Waals surface area (Å²) in [6.07, 6.45) is 0. The topological polar surface area (TPSA) is 29.3 Å². The van der Waals surface area contributed by atoms with E-state index in [4.69, 9.17) is 5.73 Å². The lowest BCUT2D eigenvalue weighted by Crippen LogP contribution is -2.22. The molecule has 0 saturated heterocycles. The van der Waals surface area contributed by atoms with Crippen molar-refractivity contribution in [1.82, 2.24) is 4.90 Å². The van der Waals surface area contributed by atoms with Crippen molar-refractivity contribution in [3.05, 3.63) is 64.4 Å². The fraction of sp³-hybridized carbons (Fsp3) is 0.222. The van der Waals surface area contributed by atoms with Crippen molar-refractivity contribution < 1.29 is 0 Å². The number of hydrogen-bond acceptors (Lipinski definition) is 3. The van der Waals surface area contributed by atoms with Crippen LogP contribution in [0.2, 0.25) is 0 Å². The molecule has 2 N–H and O–H groups in total. The fourth-order valence-corrected chi connectivity index (χ4v) is 3.33. The molecular formula is C18H20N2S. The Morgan fingerprint density at radius 3 is 2.43 bits per heavy atom. The molecule has 0 unspecified atom stereocenters. The zero-order valence-electron chi connectivity index (χ0n) is 12.3. The molecule has 3 heteroatoms. The number of anilines is 1. The predicted molar refractivity (Wildman–Crippen MR) is 92.5 cm³/mol. The monoisotopic (exact) mass is 296 g/mol. The first-order valence-corrected chi connectivity index (χ1v) is 8.16. The van der Waals surface area contributed by atoms with E-state index in [0.717, 1.165) is 25.3 Å². The molecule has 3 rings (SSSR count). The first-order chi connectivity index (χ1) is 10.3. The molecule has 2 aromatic carbocycles. The molecule has 2 nitrogen and oxygen atoms in total. The predicted octanol–water partition coefficient (Wildman–Crippen LogP) is 4.51. The SMILES string of the molecule is CCN(Cc1cccs1)Cc1cc2ccccc2cc1N. The van der Waals surface area contributed by atoms with Gasteiger partial charge < -0.3 is 5.73 Å². The minimum absolute atomic E-state index is 0.887. The van der Waals surface area contributed by atoms with Gasteiger partial charge in [0, 0.05) is 23.7 Å². The molecule has 3 aromatic rings. The second kappa shape index (κ2) is 6.29. The van der Waals surface area contributed by atoms with Crippen molar-refractivity contribution in [2.45, 2.75) is 20.0 Å². The van der Waals surface area contributed by atoms with E-state index in [9.17, 15) is 0 Å². The maximum atomic E-state index is 6.24. The van der Waals surface area contributed by atoms with E-state index < -0.39 is 0 Å². The standard InChI is InChI=1S/C18H20N2S/c1-2-20(13-17-8-5-9-21-17)12-16-10-14-6-3-4-7-15(14)11-18(16)19/h3-11H,2,12-13,19H2,1H3. The van der Waals surface area contributed by atoms with E-state index in [-0.39, 0.29) is 0 Å². The van der Waals surface area contributed by atoms with Crippen LogP contribution in [0.3, 0.4) is 0 Å². The van der Waals surface area contributed by atoms with Gasteiger partial charge >= 0.3 is 0 Å². The molecular weight excluding hydrogens is 276 g/mol. The minimum Gasteiger partial charge on any atom is -0.398 e. The van der Waals surface area contributed by atoms with Crippen LogP contribution in [-0.4, -0.2) is 11.4 Å². The first kappa shape index (κ1) is 14.1. The maximum Gasteiger partial charge on any atom is 0.0366 e. The van der Waals surface area contributed by atoms with Gasteiger partial charge in [-0.05, 0) is 46.5 Å². The highest BCUT2D eigenvalue weighted by molar-refractivity contribution is 7.09. The molecule has 1 aromatic heterocycles. The summed E-state index contributed by atoms with van der Waals surface area (Å²) in [6.45, 7) is 5.10. The third-order valence-corrected chi connectivity index (χ3v) is 4.67. The summed E-state index contributed by atoms with van der Waals surface area (Å²) in [4.78, 5) is 3.82. The highest BCUT2D eigenvalue weighted by Crippen LogP contribution is 2.24. The van der Waals surface area contributed by atoms with Crippen LogP contribution in [0.15, 0.2) is 53.9 Å². The normalized spacial score (nSPS) is 11.3. The highest BCUT2D eigenvalue weighted by Gasteiger charge is 2.09. The van der Waals surface area contributed by atoms with E-state index in [1.165, 1.54) is 21.2 Å². The summed E-state index contributed by atoms with van der Waals surface area (Å²) in [5, 5.41) is 4.60. The van der Waals surface area contributed by atoms with Crippen molar-refractivity contribution in [2.24, 2.45) is 0 Å². The van der Waals surface area contributed by atoms with E-state index in [2.05, 4.69) is 65.7 Å². The molecule has 0 aliphatic carbocycles. The average Bonchev–Trinajstić information content (AvgIpc) is 3.00. The number of fused-ring (bicyclic) bond motifs is 1. The van der Waals surface area contributed by atoms with Gasteiger partial charge in [0.2, 0.25) is 0 Å². The van der Waals surface area contributed by atoms with Crippen molar-refractivity contribution >= 4 is 27.8 Å². The van der Waals surface area contributed by atoms with Crippen molar-refractivity contribution in [2.75, 3.05) is 12.3 Å². The largest absolute Gasteiger partial charge is 0.398 e. The van der Waals surface area contributed by atoms with Crippen LogP contribution in [0, 0.1) is 0 Å². The maximum absolute atomic E-state index is 6.24. The highest BCUT2D eigenvalue weighted by atomic mass is 32.1. The Hall–Kier alpha value is -1.84. The number of nitrogen functional groups attached to an aromatic ring is 1. The van der Waals surface area contributed by atoms with Crippen LogP contribution in [0.4, 0.5) is 5.69 Å². The molecule has 0 amide bonds. The molecule has 0 bridgehead atoms. The first-order valence-electron chi connectivity index (χ1n) is 7.28. The second-order valence-corrected chi connectivity index (χ2v) is 6.31. The van der Waals surface area contributed by atoms with Gasteiger partial charge in [0.1, 0.15) is 0 Å². The molecule has 0 fully saturated rings. The number of nitrogens with two attached hydrogens (primary N) is 1. The van der Waals surface area contributed by atoms with E-state index in [1.54, 1.807) is 0 Å². The summed E-state index contributed by atoms with van der Waals surface area (Å²) in [6, 6.07) is 17.0. The Morgan fingerprint density at radius 2 is 1.76 bits per heavy atom. The van der Waals surface area contributed by atoms with Gasteiger partial charge in [0.05, 0.1) is 0 Å². The fourth-order valence-electron chi connectivity index (χ4n) is 2.59. The van der Waals surface area contributed by atoms with Crippen LogP contribution in [0.1, 0.15) is 17.4 Å². The van der Waals surface area contributed by atoms with E-state index in [0.29, 0.717) is 0 Å². The molecule has 108 valence electrons. The zero-order valence-corrected chi connectivity index (χ0v) is 13.1. The van der Waals surface area contributed by atoms with Crippen molar-refractivity contribution in [3.8, 4) is 0 Å². The van der Waals surface area contributed by atoms with Gasteiger partial charge in [0.15, 0.2) is 0 Å². The lowest BCUT2D eigenvalue weighted by atomic mass is 10.0. The van der Waals surface area contributed by atoms with Gasteiger partial charge in [-0.25, -0.2) is 0 Å². The number of benzene rings is 2. The summed E-state index contributed by atoms with van der Waals surface area (Å²) in [5.41, 5.74) is 8.34. The molecule has 0 saturated carbocycles. The minimum atomic E-state index is 0.887. The Morgan fingerprint density at radius 1 is 1.00 bits per heavy atom. The number of nitrogens with zero attached hydrogens (tertiary/aromatic N) is 1. The Kier molecular flexibility index (Phi) is 4.23. The lowest BCUT2D eigenvalue weighted by molar-refractivity contribution is 0.274. The van der Waals surface area contributed by atoms with Crippen LogP contribution in [0.5, 0.6) is 0 Å². The van der Waals surface area contributed by atoms with Gasteiger partial charge in [-0.3, -0.25) is 4.90 Å². The number of hydrogen-bond donors (Lipinski definition) is 1. The number of rotatable bonds is 5. The lowest BCUT2D eigenvalue weighted by Gasteiger charge is -2.21. The zero-order chi connectivity index (χ0) is 14.7. The number of thiophene rings is 1. The Labute approximate surface area is 129 Å². The van der Waals surface area contributed by atoms with Crippen LogP contribution >= 0.6 is 11.3 Å². The van der Waals surface area contributed by atoms with Crippen molar-refractivity contribution in [1.29, 1.82) is 0 Å². The molecule has 21 heavy (non-hydrogen) atoms. The molecule has 0 atom stereocenters. The van der Waals surface area contributed by atoms with Gasteiger partial charge in [-0.2, -0.15) is 0 Å². The molecule has 0 aliphatic heterocycles. The molecule has 0 aliphatic rings. The third-order valence-electron chi connectivity index (χ3n) is 3.81. The quantitative estimate of drug-likeness (QED) is 0.702. The Balaban J connectivity index is 1.83. The average molecular weight is 296 g/mol. The van der Waals surface area contributed by atoms with Crippen LogP contribution in [0.25, 0.3) is 10.8 Å². The van der Waals surface area contributed by atoms with Gasteiger partial charge in [-0.15, -0.1) is 11.3 Å². The molecule has 0 spiro atoms. The molecule has 1 heterocycles. The van der Waals surface area contributed by atoms with Gasteiger partial charge in [-0.1, -0.05) is 37.3 Å². The van der Waals surface area contributed by atoms with Crippen LogP contribution < -0.4 is 5.73 Å². The Bertz CT molecular complexity index is 719. The molecule has 0 radical (unpaired) electrons. The van der Waals surface area contributed by atoms with Gasteiger partial charge in [0.25, 0.3) is 0 Å². The smallest absolute Gasteiger partial charge is 0.0366 e. The summed E-state index contributed by atoms with van der Waals surface area (Å²) in [7, 11) is 0. The third kappa shape index (κ3) is 3.26. The van der Waals surface area contributed by atoms with E-state index >= 15 is 0 Å². The summed E-state index contributed by atoms with van der Waals surface area (Å²) in [5.74, 6) is 0. The van der Waals surface area contributed by atoms with E-state index in [1.807, 2.05) is 11.3 Å². The van der Waals surface area contributed by atoms with Crippen LogP contribution in [-0.2, 0) is 13.1 Å². The summed E-state index contributed by atoms with van der Waals surface area (Å²) < 4.78 is 0. The van der Waals surface area contributed by atoms with Crippen molar-refractivity contribution in [3.63, 3.8) is 0 Å².